The van der Waals surface area contributed by atoms with Crippen molar-refractivity contribution >= 4 is 0 Å². The summed E-state index contributed by atoms with van der Waals surface area (Å²) in [6.07, 6.45) is 24.4. The van der Waals surface area contributed by atoms with Crippen LogP contribution in [0.3, 0.4) is 0 Å². The number of hydrogen-bond acceptors (Lipinski definition) is 3. The standard InChI is InChI=1S/C32H48O3/c1-6-32(35,7-2)20-11-9-8-10-13-23(3)28-17-18-29-25(14-12-19-31(28,29)5)15-16-26-21-27(33)22-30(34)24(26)4/h8-11,13,15-16,20,23,27-30,33-35H,4,6-7,12,14,17-19,21-22H2,1-3,5H3/b9-8+,13-10+,20-11+,25-15+,26-16-/t23-,27+,28+,29-,30-,31+/m0/s1. The topological polar surface area (TPSA) is 60.7 Å². The molecular formula is C32H48O3. The number of hydrogen-bond donors (Lipinski definition) is 3. The van der Waals surface area contributed by atoms with Gasteiger partial charge in [0.2, 0.25) is 0 Å². The van der Waals surface area contributed by atoms with Crippen molar-refractivity contribution in [1.82, 2.24) is 0 Å². The van der Waals surface area contributed by atoms with E-state index in [4.69, 9.17) is 0 Å². The van der Waals surface area contributed by atoms with Crippen molar-refractivity contribution in [3.8, 4) is 0 Å². The van der Waals surface area contributed by atoms with Crippen molar-refractivity contribution in [2.24, 2.45) is 23.2 Å². The van der Waals surface area contributed by atoms with Crippen LogP contribution in [0.2, 0.25) is 0 Å². The van der Waals surface area contributed by atoms with E-state index in [1.165, 1.54) is 31.3 Å². The van der Waals surface area contributed by atoms with Crippen LogP contribution < -0.4 is 0 Å². The maximum Gasteiger partial charge on any atom is 0.0825 e. The molecule has 3 heteroatoms. The van der Waals surface area contributed by atoms with E-state index in [0.717, 1.165) is 30.4 Å². The van der Waals surface area contributed by atoms with Gasteiger partial charge in [-0.1, -0.05) is 88.5 Å². The summed E-state index contributed by atoms with van der Waals surface area (Å²) in [5, 5.41) is 30.6. The Labute approximate surface area is 213 Å². The molecule has 3 fully saturated rings. The number of allylic oxidation sites excluding steroid dienone is 8. The average molecular weight is 481 g/mol. The first-order valence-electron chi connectivity index (χ1n) is 13.8. The summed E-state index contributed by atoms with van der Waals surface area (Å²) in [6.45, 7) is 13.0. The molecule has 0 heterocycles. The van der Waals surface area contributed by atoms with Crippen LogP contribution in [0.25, 0.3) is 0 Å². The highest BCUT2D eigenvalue weighted by Gasteiger charge is 2.50. The van der Waals surface area contributed by atoms with Crippen molar-refractivity contribution in [3.05, 3.63) is 71.9 Å². The van der Waals surface area contributed by atoms with Gasteiger partial charge < -0.3 is 15.3 Å². The quantitative estimate of drug-likeness (QED) is 0.328. The molecule has 3 saturated carbocycles. The SMILES string of the molecule is C=C1/C(=C\C=C2/CCC[C@]3(C)[C@@H]([C@@H](C)/C=C/C=C/C=C/C(O)(CC)CC)CC[C@@H]23)C[C@@H](O)C[C@@H]1O. The molecule has 194 valence electrons. The minimum atomic E-state index is -0.694. The highest BCUT2D eigenvalue weighted by Crippen LogP contribution is 2.59. The third-order valence-electron chi connectivity index (χ3n) is 9.32. The fourth-order valence-corrected chi connectivity index (χ4v) is 6.83. The van der Waals surface area contributed by atoms with E-state index in [2.05, 4.69) is 50.8 Å². The fraction of sp³-hybridized carbons (Fsp3) is 0.625. The molecule has 35 heavy (non-hydrogen) atoms. The van der Waals surface area contributed by atoms with Crippen LogP contribution in [0.5, 0.6) is 0 Å². The molecule has 0 bridgehead atoms. The molecule has 3 nitrogen and oxygen atoms in total. The van der Waals surface area contributed by atoms with E-state index < -0.39 is 17.8 Å². The maximum atomic E-state index is 10.4. The minimum Gasteiger partial charge on any atom is -0.393 e. The molecule has 0 spiro atoms. The van der Waals surface area contributed by atoms with Crippen LogP contribution in [-0.2, 0) is 0 Å². The van der Waals surface area contributed by atoms with Crippen molar-refractivity contribution in [1.29, 1.82) is 0 Å². The molecule has 0 aromatic carbocycles. The predicted octanol–water partition coefficient (Wildman–Crippen LogP) is 6.98. The van der Waals surface area contributed by atoms with Gasteiger partial charge in [-0.2, -0.15) is 0 Å². The van der Waals surface area contributed by atoms with Crippen LogP contribution in [-0.4, -0.2) is 33.1 Å². The number of fused-ring (bicyclic) bond motifs is 1. The summed E-state index contributed by atoms with van der Waals surface area (Å²) in [5.41, 5.74) is 2.93. The Bertz CT molecular complexity index is 884. The second-order valence-electron chi connectivity index (χ2n) is 11.5. The second-order valence-corrected chi connectivity index (χ2v) is 11.5. The third-order valence-corrected chi connectivity index (χ3v) is 9.32. The maximum absolute atomic E-state index is 10.4. The first-order chi connectivity index (χ1) is 16.6. The highest BCUT2D eigenvalue weighted by atomic mass is 16.3. The first kappa shape index (κ1) is 27.9. The molecule has 3 aliphatic carbocycles. The zero-order valence-corrected chi connectivity index (χ0v) is 22.4. The van der Waals surface area contributed by atoms with Crippen molar-refractivity contribution in [2.45, 2.75) is 103 Å². The van der Waals surface area contributed by atoms with Gasteiger partial charge in [-0.15, -0.1) is 0 Å². The van der Waals surface area contributed by atoms with Gasteiger partial charge in [-0.05, 0) is 85.7 Å². The predicted molar refractivity (Wildman–Crippen MR) is 147 cm³/mol. The van der Waals surface area contributed by atoms with Gasteiger partial charge in [0.05, 0.1) is 17.8 Å². The molecule has 6 atom stereocenters. The highest BCUT2D eigenvalue weighted by molar-refractivity contribution is 5.38. The Morgan fingerprint density at radius 1 is 1.09 bits per heavy atom. The lowest BCUT2D eigenvalue weighted by Crippen LogP contribution is -2.35. The van der Waals surface area contributed by atoms with Gasteiger partial charge in [0, 0.05) is 6.42 Å². The Morgan fingerprint density at radius 3 is 2.51 bits per heavy atom. The molecule has 0 aromatic heterocycles. The minimum absolute atomic E-state index is 0.317. The summed E-state index contributed by atoms with van der Waals surface area (Å²) < 4.78 is 0. The number of aliphatic hydroxyl groups excluding tert-OH is 2. The Morgan fingerprint density at radius 2 is 1.80 bits per heavy atom. The smallest absolute Gasteiger partial charge is 0.0825 e. The van der Waals surface area contributed by atoms with E-state index in [9.17, 15) is 15.3 Å². The molecule has 3 rings (SSSR count). The lowest BCUT2D eigenvalue weighted by atomic mass is 9.61. The van der Waals surface area contributed by atoms with Crippen LogP contribution in [0.4, 0.5) is 0 Å². The van der Waals surface area contributed by atoms with E-state index >= 15 is 0 Å². The zero-order valence-electron chi connectivity index (χ0n) is 22.4. The van der Waals surface area contributed by atoms with Gasteiger partial charge in [0.1, 0.15) is 0 Å². The largest absolute Gasteiger partial charge is 0.393 e. The summed E-state index contributed by atoms with van der Waals surface area (Å²) in [4.78, 5) is 0. The summed E-state index contributed by atoms with van der Waals surface area (Å²) in [5.74, 6) is 1.80. The van der Waals surface area contributed by atoms with E-state index in [-0.39, 0.29) is 0 Å². The van der Waals surface area contributed by atoms with Gasteiger partial charge in [-0.3, -0.25) is 0 Å². The molecule has 0 aromatic rings. The second kappa shape index (κ2) is 12.0. The van der Waals surface area contributed by atoms with Gasteiger partial charge in [-0.25, -0.2) is 0 Å². The molecule has 0 radical (unpaired) electrons. The van der Waals surface area contributed by atoms with Gasteiger partial charge in [0.25, 0.3) is 0 Å². The van der Waals surface area contributed by atoms with E-state index in [1.807, 2.05) is 32.1 Å². The Balaban J connectivity index is 1.66. The zero-order chi connectivity index (χ0) is 25.6. The van der Waals surface area contributed by atoms with E-state index in [1.54, 1.807) is 0 Å². The van der Waals surface area contributed by atoms with Crippen LogP contribution in [0.1, 0.15) is 85.5 Å². The average Bonchev–Trinajstić information content (AvgIpc) is 3.19. The first-order valence-corrected chi connectivity index (χ1v) is 13.8. The Kier molecular flexibility index (Phi) is 9.60. The van der Waals surface area contributed by atoms with Crippen molar-refractivity contribution in [3.63, 3.8) is 0 Å². The van der Waals surface area contributed by atoms with Crippen LogP contribution in [0, 0.1) is 23.2 Å². The van der Waals surface area contributed by atoms with Gasteiger partial charge >= 0.3 is 0 Å². The number of aliphatic hydroxyl groups is 3. The summed E-state index contributed by atoms with van der Waals surface area (Å²) >= 11 is 0. The fourth-order valence-electron chi connectivity index (χ4n) is 6.83. The molecule has 3 aliphatic rings. The lowest BCUT2D eigenvalue weighted by Gasteiger charge is -2.44. The lowest BCUT2D eigenvalue weighted by molar-refractivity contribution is 0.0827. The number of rotatable bonds is 8. The molecular weight excluding hydrogens is 432 g/mol. The molecule has 0 aliphatic heterocycles. The summed E-state index contributed by atoms with van der Waals surface area (Å²) in [7, 11) is 0. The molecule has 0 unspecified atom stereocenters. The van der Waals surface area contributed by atoms with Gasteiger partial charge in [0.15, 0.2) is 0 Å². The molecule has 0 saturated heterocycles. The molecule has 0 amide bonds. The van der Waals surface area contributed by atoms with E-state index in [0.29, 0.717) is 36.0 Å². The van der Waals surface area contributed by atoms with Crippen LogP contribution >= 0.6 is 0 Å². The summed E-state index contributed by atoms with van der Waals surface area (Å²) in [6, 6.07) is 0. The third kappa shape index (κ3) is 6.56. The van der Waals surface area contributed by atoms with Crippen LogP contribution in [0.15, 0.2) is 71.9 Å². The normalized spacial score (nSPS) is 35.7. The Hall–Kier alpha value is -1.68. The van der Waals surface area contributed by atoms with Crippen molar-refractivity contribution < 1.29 is 15.3 Å². The monoisotopic (exact) mass is 480 g/mol. The molecule has 3 N–H and O–H groups in total. The van der Waals surface area contributed by atoms with Crippen molar-refractivity contribution in [2.75, 3.05) is 0 Å².